The molecule has 1 amide bonds. The highest BCUT2D eigenvalue weighted by Crippen LogP contribution is 2.30. The van der Waals surface area contributed by atoms with Crippen molar-refractivity contribution in [3.05, 3.63) is 57.7 Å². The van der Waals surface area contributed by atoms with Gasteiger partial charge in [0.15, 0.2) is 0 Å². The summed E-state index contributed by atoms with van der Waals surface area (Å²) in [5.74, 6) is 0.149. The minimum atomic E-state index is 0.149. The summed E-state index contributed by atoms with van der Waals surface area (Å²) in [7, 11) is 0. The second kappa shape index (κ2) is 6.89. The molecule has 0 spiro atoms. The first kappa shape index (κ1) is 15.0. The molecule has 0 aliphatic carbocycles. The predicted octanol–water partition coefficient (Wildman–Crippen LogP) is 4.77. The Morgan fingerprint density at radius 1 is 1.25 bits per heavy atom. The Bertz CT molecular complexity index is 541. The van der Waals surface area contributed by atoms with Crippen LogP contribution in [0.15, 0.2) is 52.2 Å². The molecule has 0 fully saturated rings. The van der Waals surface area contributed by atoms with Gasteiger partial charge in [0.05, 0.1) is 12.2 Å². The fourth-order valence-electron chi connectivity index (χ4n) is 2.34. The molecule has 2 rings (SSSR count). The maximum absolute atomic E-state index is 12.5. The first-order chi connectivity index (χ1) is 9.63. The molecule has 0 N–H and O–H groups in total. The summed E-state index contributed by atoms with van der Waals surface area (Å²) in [5.41, 5.74) is 3.07. The van der Waals surface area contributed by atoms with Crippen LogP contribution >= 0.6 is 15.9 Å². The number of carbonyl (C=O) groups excluding carboxylic acids is 1. The first-order valence-corrected chi connectivity index (χ1v) is 7.85. The van der Waals surface area contributed by atoms with Gasteiger partial charge in [0.25, 0.3) is 5.91 Å². The van der Waals surface area contributed by atoms with Crippen LogP contribution in [0.1, 0.15) is 38.7 Å². The Labute approximate surface area is 129 Å². The van der Waals surface area contributed by atoms with Gasteiger partial charge in [-0.15, -0.1) is 0 Å². The number of allylic oxidation sites excluding steroid dienone is 2. The molecule has 0 saturated heterocycles. The molecule has 20 heavy (non-hydrogen) atoms. The van der Waals surface area contributed by atoms with E-state index in [1.165, 1.54) is 0 Å². The maximum atomic E-state index is 12.5. The van der Waals surface area contributed by atoms with E-state index < -0.39 is 0 Å². The molecule has 2 nitrogen and oxygen atoms in total. The van der Waals surface area contributed by atoms with Gasteiger partial charge in [-0.2, -0.15) is 0 Å². The Hall–Kier alpha value is -1.35. The van der Waals surface area contributed by atoms with E-state index >= 15 is 0 Å². The Balaban J connectivity index is 2.21. The van der Waals surface area contributed by atoms with Gasteiger partial charge >= 0.3 is 0 Å². The lowest BCUT2D eigenvalue weighted by Crippen LogP contribution is -2.25. The molecule has 0 aromatic heterocycles. The number of hydrogen-bond donors (Lipinski definition) is 0. The van der Waals surface area contributed by atoms with Gasteiger partial charge in [-0.25, -0.2) is 0 Å². The van der Waals surface area contributed by atoms with E-state index in [4.69, 9.17) is 0 Å². The van der Waals surface area contributed by atoms with Crippen molar-refractivity contribution in [3.8, 4) is 0 Å². The van der Waals surface area contributed by atoms with Gasteiger partial charge in [0, 0.05) is 10.1 Å². The van der Waals surface area contributed by atoms with Gasteiger partial charge in [-0.1, -0.05) is 59.6 Å². The van der Waals surface area contributed by atoms with Crippen LogP contribution in [0.5, 0.6) is 0 Å². The van der Waals surface area contributed by atoms with Crippen molar-refractivity contribution in [2.75, 3.05) is 0 Å². The zero-order chi connectivity index (χ0) is 14.5. The highest BCUT2D eigenvalue weighted by Gasteiger charge is 2.28. The number of amides is 1. The van der Waals surface area contributed by atoms with Crippen LogP contribution < -0.4 is 0 Å². The summed E-state index contributed by atoms with van der Waals surface area (Å²) in [5, 5.41) is 0. The van der Waals surface area contributed by atoms with Gasteiger partial charge in [0.2, 0.25) is 0 Å². The lowest BCUT2D eigenvalue weighted by molar-refractivity contribution is -0.124. The van der Waals surface area contributed by atoms with Crippen LogP contribution in [-0.2, 0) is 11.3 Å². The Morgan fingerprint density at radius 2 is 1.95 bits per heavy atom. The summed E-state index contributed by atoms with van der Waals surface area (Å²) in [6.07, 6.45) is 5.07. The summed E-state index contributed by atoms with van der Waals surface area (Å²) in [4.78, 5) is 14.4. The number of benzene rings is 1. The highest BCUT2D eigenvalue weighted by atomic mass is 79.9. The van der Waals surface area contributed by atoms with Gasteiger partial charge < -0.3 is 4.90 Å². The zero-order valence-electron chi connectivity index (χ0n) is 12.0. The van der Waals surface area contributed by atoms with Crippen molar-refractivity contribution in [2.45, 2.75) is 39.7 Å². The molecule has 0 radical (unpaired) electrons. The van der Waals surface area contributed by atoms with Crippen LogP contribution in [0.2, 0.25) is 0 Å². The summed E-state index contributed by atoms with van der Waals surface area (Å²) >= 11 is 3.52. The summed E-state index contributed by atoms with van der Waals surface area (Å²) in [6.45, 7) is 4.76. The van der Waals surface area contributed by atoms with Crippen molar-refractivity contribution >= 4 is 21.8 Å². The number of nitrogens with zero attached hydrogens (tertiary/aromatic N) is 1. The lowest BCUT2D eigenvalue weighted by Gasteiger charge is -2.19. The average molecular weight is 334 g/mol. The minimum absolute atomic E-state index is 0.149. The highest BCUT2D eigenvalue weighted by molar-refractivity contribution is 9.11. The molecule has 0 saturated carbocycles. The molecule has 1 aliphatic rings. The first-order valence-electron chi connectivity index (χ1n) is 7.06. The molecule has 106 valence electrons. The topological polar surface area (TPSA) is 20.3 Å². The SMILES string of the molecule is CCCCC1=C/C(=C(\C)Br)N(Cc2ccccc2)C1=O. The minimum Gasteiger partial charge on any atom is -0.303 e. The molecule has 1 aromatic rings. The Kier molecular flexibility index (Phi) is 5.18. The quantitative estimate of drug-likeness (QED) is 0.759. The van der Waals surface area contributed by atoms with Crippen LogP contribution in [0.3, 0.4) is 0 Å². The summed E-state index contributed by atoms with van der Waals surface area (Å²) in [6, 6.07) is 10.1. The van der Waals surface area contributed by atoms with E-state index in [1.807, 2.05) is 36.1 Å². The molecule has 1 heterocycles. The van der Waals surface area contributed by atoms with Crippen LogP contribution in [0, 0.1) is 0 Å². The molecule has 1 aliphatic heterocycles. The monoisotopic (exact) mass is 333 g/mol. The molecule has 1 aromatic carbocycles. The van der Waals surface area contributed by atoms with Crippen molar-refractivity contribution in [1.82, 2.24) is 4.90 Å². The third kappa shape index (κ3) is 3.40. The van der Waals surface area contributed by atoms with Crippen molar-refractivity contribution in [1.29, 1.82) is 0 Å². The second-order valence-corrected chi connectivity index (χ2v) is 6.26. The number of halogens is 1. The lowest BCUT2D eigenvalue weighted by atomic mass is 10.1. The molecule has 0 bridgehead atoms. The Morgan fingerprint density at radius 3 is 2.55 bits per heavy atom. The van der Waals surface area contributed by atoms with Crippen molar-refractivity contribution in [3.63, 3.8) is 0 Å². The van der Waals surface area contributed by atoms with E-state index in [0.29, 0.717) is 6.54 Å². The van der Waals surface area contributed by atoms with E-state index in [-0.39, 0.29) is 5.91 Å². The molecular weight excluding hydrogens is 314 g/mol. The number of unbranched alkanes of at least 4 members (excludes halogenated alkanes) is 1. The fraction of sp³-hybridized carbons (Fsp3) is 0.353. The average Bonchev–Trinajstić information content (AvgIpc) is 2.75. The number of rotatable bonds is 5. The van der Waals surface area contributed by atoms with Gasteiger partial charge in [0.1, 0.15) is 0 Å². The van der Waals surface area contributed by atoms with E-state index in [2.05, 4.69) is 35.0 Å². The van der Waals surface area contributed by atoms with E-state index in [1.54, 1.807) is 0 Å². The molecule has 3 heteroatoms. The van der Waals surface area contributed by atoms with Crippen LogP contribution in [-0.4, -0.2) is 10.8 Å². The third-order valence-electron chi connectivity index (χ3n) is 3.46. The predicted molar refractivity (Wildman–Crippen MR) is 86.2 cm³/mol. The smallest absolute Gasteiger partial charge is 0.254 e. The normalized spacial score (nSPS) is 17.4. The van der Waals surface area contributed by atoms with Crippen LogP contribution in [0.4, 0.5) is 0 Å². The maximum Gasteiger partial charge on any atom is 0.254 e. The molecule has 0 atom stereocenters. The van der Waals surface area contributed by atoms with Gasteiger partial charge in [-0.05, 0) is 31.4 Å². The fourth-order valence-corrected chi connectivity index (χ4v) is 2.67. The van der Waals surface area contributed by atoms with Crippen molar-refractivity contribution in [2.24, 2.45) is 0 Å². The standard InChI is InChI=1S/C17H20BrNO/c1-3-4-10-15-11-16(13(2)18)19(17(15)20)12-14-8-6-5-7-9-14/h5-9,11H,3-4,10,12H2,1-2H3/b16-13-. The largest absolute Gasteiger partial charge is 0.303 e. The van der Waals surface area contributed by atoms with E-state index in [9.17, 15) is 4.79 Å². The molecular formula is C17H20BrNO. The second-order valence-electron chi connectivity index (χ2n) is 5.07. The van der Waals surface area contributed by atoms with E-state index in [0.717, 1.165) is 40.6 Å². The third-order valence-corrected chi connectivity index (χ3v) is 3.86. The summed E-state index contributed by atoms with van der Waals surface area (Å²) < 4.78 is 1.01. The number of hydrogen-bond acceptors (Lipinski definition) is 1. The molecule has 0 unspecified atom stereocenters. The number of carbonyl (C=O) groups is 1. The van der Waals surface area contributed by atoms with Gasteiger partial charge in [-0.3, -0.25) is 4.79 Å². The zero-order valence-corrected chi connectivity index (χ0v) is 13.6. The van der Waals surface area contributed by atoms with Crippen molar-refractivity contribution < 1.29 is 4.79 Å². The van der Waals surface area contributed by atoms with Crippen LogP contribution in [0.25, 0.3) is 0 Å².